The molecule has 12 heteroatoms. The summed E-state index contributed by atoms with van der Waals surface area (Å²) in [6, 6.07) is -0.318. The van der Waals surface area contributed by atoms with E-state index < -0.39 is 83.3 Å². The van der Waals surface area contributed by atoms with Gasteiger partial charge in [-0.05, 0) is 59.9 Å². The fourth-order valence-electron chi connectivity index (χ4n) is 7.09. The van der Waals surface area contributed by atoms with Crippen molar-refractivity contribution in [2.45, 2.75) is 142 Å². The van der Waals surface area contributed by atoms with Gasteiger partial charge in [0.05, 0.1) is 30.0 Å². The summed E-state index contributed by atoms with van der Waals surface area (Å²) in [4.78, 5) is 41.8. The number of Topliss-reactive ketones (excluding diaryl/α,β-unsaturated/α-hetero) is 1. The highest BCUT2D eigenvalue weighted by molar-refractivity contribution is 6.00. The van der Waals surface area contributed by atoms with Crippen LogP contribution in [0.1, 0.15) is 88.0 Å². The normalized spacial score (nSPS) is 41.1. The van der Waals surface area contributed by atoms with E-state index in [1.165, 1.54) is 27.9 Å². The first-order valence-electron chi connectivity index (χ1n) is 16.7. The molecule has 2 heterocycles. The molecule has 0 aromatic rings. The van der Waals surface area contributed by atoms with Gasteiger partial charge >= 0.3 is 11.9 Å². The molecule has 2 rings (SSSR count). The molecule has 0 unspecified atom stereocenters. The molecule has 268 valence electrons. The Bertz CT molecular complexity index is 1150. The highest BCUT2D eigenvalue weighted by atomic mass is 16.7. The third kappa shape index (κ3) is 9.40. The molecule has 12 nitrogen and oxygen atoms in total. The molecule has 3 N–H and O–H groups in total. The zero-order valence-corrected chi connectivity index (χ0v) is 30.1. The van der Waals surface area contributed by atoms with Crippen LogP contribution in [-0.2, 0) is 38.1 Å². The van der Waals surface area contributed by atoms with Crippen molar-refractivity contribution < 1.29 is 48.3 Å². The molecule has 0 spiro atoms. The van der Waals surface area contributed by atoms with Gasteiger partial charge in [0.1, 0.15) is 17.6 Å². The lowest BCUT2D eigenvalue weighted by molar-refractivity contribution is -0.298. The molecule has 2 saturated heterocycles. The number of carbonyl (C=O) groups is 3. The predicted molar refractivity (Wildman–Crippen MR) is 175 cm³/mol. The molecule has 0 saturated carbocycles. The lowest BCUT2D eigenvalue weighted by atomic mass is 9.74. The number of cyclic esters (lactones) is 1. The van der Waals surface area contributed by atoms with Crippen molar-refractivity contribution in [2.75, 3.05) is 20.7 Å². The van der Waals surface area contributed by atoms with E-state index in [0.717, 1.165) is 0 Å². The molecule has 0 bridgehead atoms. The predicted octanol–water partition coefficient (Wildman–Crippen LogP) is 3.14. The number of esters is 2. The number of ketones is 1. The summed E-state index contributed by atoms with van der Waals surface area (Å²) < 4.78 is 30.6. The van der Waals surface area contributed by atoms with E-state index in [4.69, 9.17) is 35.5 Å². The van der Waals surface area contributed by atoms with Gasteiger partial charge in [-0.2, -0.15) is 0 Å². The van der Waals surface area contributed by atoms with Gasteiger partial charge in [-0.25, -0.2) is 0 Å². The molecule has 47 heavy (non-hydrogen) atoms. The van der Waals surface area contributed by atoms with Crippen LogP contribution in [-0.4, -0.2) is 113 Å². The van der Waals surface area contributed by atoms with E-state index in [9.17, 15) is 24.6 Å². The summed E-state index contributed by atoms with van der Waals surface area (Å²) in [5, 5.41) is 31.7. The summed E-state index contributed by atoms with van der Waals surface area (Å²) >= 11 is 0. The zero-order valence-electron chi connectivity index (χ0n) is 30.1. The maximum Gasteiger partial charge on any atom is 0.316 e. The van der Waals surface area contributed by atoms with E-state index >= 15 is 0 Å². The minimum atomic E-state index is -1.89. The average Bonchev–Trinajstić information content (AvgIpc) is 3.02. The Labute approximate surface area is 280 Å². The molecule has 13 atom stereocenters. The Morgan fingerprint density at radius 1 is 1.17 bits per heavy atom. The van der Waals surface area contributed by atoms with Crippen LogP contribution in [0, 0.1) is 41.4 Å². The van der Waals surface area contributed by atoms with Gasteiger partial charge in [0.2, 0.25) is 0 Å². The van der Waals surface area contributed by atoms with Crippen molar-refractivity contribution in [1.29, 1.82) is 5.41 Å². The van der Waals surface area contributed by atoms with Gasteiger partial charge < -0.3 is 39.3 Å². The summed E-state index contributed by atoms with van der Waals surface area (Å²) in [6.45, 7) is 15.1. The summed E-state index contributed by atoms with van der Waals surface area (Å²) in [7, 11) is 3.36. The summed E-state index contributed by atoms with van der Waals surface area (Å²) in [6.07, 6.45) is 0.914. The van der Waals surface area contributed by atoms with Crippen LogP contribution in [0.3, 0.4) is 0 Å². The Morgan fingerprint density at radius 3 is 2.32 bits per heavy atom. The van der Waals surface area contributed by atoms with Crippen molar-refractivity contribution in [1.82, 2.24) is 4.90 Å². The van der Waals surface area contributed by atoms with E-state index in [2.05, 4.69) is 5.92 Å². The Morgan fingerprint density at radius 2 is 1.79 bits per heavy atom. The summed E-state index contributed by atoms with van der Waals surface area (Å²) in [5.41, 5.74) is -3.00. The minimum Gasteiger partial charge on any atom is -0.459 e. The van der Waals surface area contributed by atoms with Crippen molar-refractivity contribution >= 4 is 23.4 Å². The van der Waals surface area contributed by atoms with Crippen LogP contribution in [0.4, 0.5) is 0 Å². The molecule has 2 aliphatic heterocycles. The highest BCUT2D eigenvalue weighted by Crippen LogP contribution is 2.39. The first-order chi connectivity index (χ1) is 21.8. The van der Waals surface area contributed by atoms with Gasteiger partial charge in [0.25, 0.3) is 0 Å². The molecule has 0 aromatic heterocycles. The van der Waals surface area contributed by atoms with Crippen molar-refractivity contribution in [3.05, 3.63) is 0 Å². The second kappa shape index (κ2) is 16.8. The maximum absolute atomic E-state index is 14.1. The van der Waals surface area contributed by atoms with Crippen LogP contribution >= 0.6 is 0 Å². The molecule has 2 aliphatic rings. The van der Waals surface area contributed by atoms with Crippen LogP contribution in [0.25, 0.3) is 0 Å². The number of hydrogen-bond donors (Lipinski definition) is 3. The Hall–Kier alpha value is -2.40. The van der Waals surface area contributed by atoms with Crippen LogP contribution < -0.4 is 0 Å². The monoisotopic (exact) mass is 666 g/mol. The van der Waals surface area contributed by atoms with Gasteiger partial charge in [0.15, 0.2) is 18.2 Å². The number of likely N-dealkylation sites (N-methyl/N-ethyl adjacent to an activating group) is 1. The quantitative estimate of drug-likeness (QED) is 0.198. The molecule has 0 radical (unpaired) electrons. The number of carbonyl (C=O) groups excluding carboxylic acids is 3. The van der Waals surface area contributed by atoms with Crippen LogP contribution in [0.5, 0.6) is 0 Å². The standard InChI is InChI=1S/C35H58N2O10/c1-13-15-16-37(11)25-17-20(4)44-33(29(25)45-24(8)38)47-31-22(6)28(39)23(7)32(41)46-26(14-2)35(10,42)30(40)21(5)27(36)19(3)18-34(31,9)43-12/h1,19-23,25-26,29-31,33,36,40,42H,14-18H2,2-12H3/t19-,20-,21+,22+,23-,25+,26-,29-,30-,31-,33+,34-,35-/m1/s1. The number of hydrogen-bond acceptors (Lipinski definition) is 12. The number of methoxy groups -OCH3 is 1. The van der Waals surface area contributed by atoms with Crippen LogP contribution in [0.15, 0.2) is 0 Å². The van der Waals surface area contributed by atoms with Gasteiger partial charge in [0, 0.05) is 44.5 Å². The van der Waals surface area contributed by atoms with E-state index in [1.807, 2.05) is 25.8 Å². The highest BCUT2D eigenvalue weighted by Gasteiger charge is 2.52. The Kier molecular flexibility index (Phi) is 14.6. The minimum absolute atomic E-state index is 0.140. The fourth-order valence-corrected chi connectivity index (χ4v) is 7.09. The maximum atomic E-state index is 14.1. The number of nitrogens with zero attached hydrogens (tertiary/aromatic N) is 1. The lowest BCUT2D eigenvalue weighted by Gasteiger charge is -2.48. The van der Waals surface area contributed by atoms with E-state index in [-0.39, 0.29) is 30.7 Å². The number of terminal acetylenes is 1. The Balaban J connectivity index is 2.68. The average molecular weight is 667 g/mol. The number of aliphatic hydroxyl groups excluding tert-OH is 1. The van der Waals surface area contributed by atoms with E-state index in [0.29, 0.717) is 19.4 Å². The second-order valence-corrected chi connectivity index (χ2v) is 14.0. The van der Waals surface area contributed by atoms with Gasteiger partial charge in [-0.1, -0.05) is 27.7 Å². The molecule has 0 amide bonds. The third-order valence-electron chi connectivity index (χ3n) is 10.2. The second-order valence-electron chi connectivity index (χ2n) is 14.0. The fraction of sp³-hybridized carbons (Fsp3) is 0.829. The molecular formula is C35H58N2O10. The van der Waals surface area contributed by atoms with Gasteiger partial charge in [-0.3, -0.25) is 19.3 Å². The van der Waals surface area contributed by atoms with Crippen molar-refractivity contribution in [3.8, 4) is 12.3 Å². The SMILES string of the molecule is C#CCCN(C)[C@H]1C[C@@H](C)O[C@@H](O[C@@H]2[C@@H](C)C(=O)[C@@H](C)C(=O)O[C@H](CC)[C@@](C)(O)[C@H](O)[C@@H](C)C(=N)[C@H](C)C[C@@]2(C)OC)[C@@H]1OC(C)=O. The molecular weight excluding hydrogens is 608 g/mol. The zero-order chi connectivity index (χ0) is 36.0. The number of rotatable bonds is 8. The molecule has 0 aliphatic carbocycles. The summed E-state index contributed by atoms with van der Waals surface area (Å²) in [5.74, 6) is -2.80. The molecule has 2 fully saturated rings. The number of aliphatic hydroxyl groups is 2. The van der Waals surface area contributed by atoms with Gasteiger partial charge in [-0.15, -0.1) is 12.3 Å². The van der Waals surface area contributed by atoms with E-state index in [1.54, 1.807) is 27.7 Å². The smallest absolute Gasteiger partial charge is 0.316 e. The first kappa shape index (κ1) is 40.8. The first-order valence-corrected chi connectivity index (χ1v) is 16.7. The lowest BCUT2D eigenvalue weighted by Crippen LogP contribution is -2.61. The number of nitrogens with one attached hydrogen (secondary N) is 1. The largest absolute Gasteiger partial charge is 0.459 e. The third-order valence-corrected chi connectivity index (χ3v) is 10.2. The topological polar surface area (TPSA) is 165 Å². The number of ether oxygens (including phenoxy) is 5. The molecule has 0 aromatic carbocycles. The van der Waals surface area contributed by atoms with Crippen molar-refractivity contribution in [2.24, 2.45) is 23.7 Å². The van der Waals surface area contributed by atoms with Crippen molar-refractivity contribution in [3.63, 3.8) is 0 Å². The van der Waals surface area contributed by atoms with Crippen LogP contribution in [0.2, 0.25) is 0 Å².